The highest BCUT2D eigenvalue weighted by Crippen LogP contribution is 2.12. The number of amides is 1. The van der Waals surface area contributed by atoms with Crippen LogP contribution in [0.1, 0.15) is 11.1 Å². The molecule has 0 unspecified atom stereocenters. The Balaban J connectivity index is 1.69. The lowest BCUT2D eigenvalue weighted by atomic mass is 10.2. The van der Waals surface area contributed by atoms with Crippen molar-refractivity contribution >= 4 is 34.5 Å². The second-order valence-corrected chi connectivity index (χ2v) is 5.63. The number of nitrogens with two attached hydrogens (primary N) is 1. The molecule has 3 N–H and O–H groups in total. The molecule has 1 aromatic carbocycles. The number of ether oxygens (including phenoxy) is 1. The first-order chi connectivity index (χ1) is 10.1. The quantitative estimate of drug-likeness (QED) is 0.767. The smallest absolute Gasteiger partial charge is 0.257 e. The molecule has 0 radical (unpaired) electrons. The Morgan fingerprint density at radius 1 is 1.29 bits per heavy atom. The molecule has 1 heterocycles. The molecule has 6 heteroatoms. The van der Waals surface area contributed by atoms with Gasteiger partial charge in [0, 0.05) is 12.1 Å². The molecule has 0 bridgehead atoms. The van der Waals surface area contributed by atoms with Crippen LogP contribution >= 0.6 is 23.6 Å². The van der Waals surface area contributed by atoms with Crippen LogP contribution in [0.25, 0.3) is 0 Å². The number of carbonyl (C=O) groups is 1. The van der Waals surface area contributed by atoms with Gasteiger partial charge in [0.05, 0.1) is 0 Å². The largest absolute Gasteiger partial charge is 0.484 e. The third-order valence-corrected chi connectivity index (χ3v) is 3.79. The zero-order chi connectivity index (χ0) is 15.1. The molecule has 0 spiro atoms. The summed E-state index contributed by atoms with van der Waals surface area (Å²) in [6.45, 7) is 0.607. The molecule has 2 aromatic rings. The Labute approximate surface area is 132 Å². The average Bonchev–Trinajstić information content (AvgIpc) is 2.99. The number of nitrogens with one attached hydrogen (secondary N) is 1. The average molecular weight is 320 g/mol. The number of hydrogen-bond acceptors (Lipinski definition) is 4. The van der Waals surface area contributed by atoms with E-state index in [0.29, 0.717) is 17.3 Å². The van der Waals surface area contributed by atoms with Crippen LogP contribution in [-0.4, -0.2) is 24.0 Å². The Morgan fingerprint density at radius 3 is 2.67 bits per heavy atom. The fourth-order valence-corrected chi connectivity index (χ4v) is 2.54. The summed E-state index contributed by atoms with van der Waals surface area (Å²) in [6.07, 6.45) is 0.831. The lowest BCUT2D eigenvalue weighted by molar-refractivity contribution is -0.123. The number of rotatable bonds is 7. The third-order valence-electron chi connectivity index (χ3n) is 2.82. The number of carbonyl (C=O) groups excluding carboxylic acids is 1. The third kappa shape index (κ3) is 5.17. The van der Waals surface area contributed by atoms with E-state index in [1.807, 2.05) is 5.38 Å². The SMILES string of the molecule is NC(=S)c1ccc(OCC(=O)NCCc2ccsc2)cc1. The predicted molar refractivity (Wildman–Crippen MR) is 88.9 cm³/mol. The molecule has 0 aliphatic heterocycles. The van der Waals surface area contributed by atoms with Crippen LogP contribution in [0.3, 0.4) is 0 Å². The van der Waals surface area contributed by atoms with E-state index in [1.54, 1.807) is 35.6 Å². The lowest BCUT2D eigenvalue weighted by Crippen LogP contribution is -2.30. The predicted octanol–water partition coefficient (Wildman–Crippen LogP) is 2.12. The van der Waals surface area contributed by atoms with E-state index in [0.717, 1.165) is 12.0 Å². The highest BCUT2D eigenvalue weighted by Gasteiger charge is 2.03. The fourth-order valence-electron chi connectivity index (χ4n) is 1.70. The highest BCUT2D eigenvalue weighted by molar-refractivity contribution is 7.80. The summed E-state index contributed by atoms with van der Waals surface area (Å²) in [5.74, 6) is 0.478. The zero-order valence-corrected chi connectivity index (χ0v) is 13.0. The van der Waals surface area contributed by atoms with Gasteiger partial charge in [0.15, 0.2) is 6.61 Å². The van der Waals surface area contributed by atoms with Gasteiger partial charge in [0.2, 0.25) is 0 Å². The van der Waals surface area contributed by atoms with Crippen LogP contribution < -0.4 is 15.8 Å². The second kappa shape index (κ2) is 7.75. The summed E-state index contributed by atoms with van der Waals surface area (Å²) in [5, 5.41) is 6.92. The van der Waals surface area contributed by atoms with Gasteiger partial charge < -0.3 is 15.8 Å². The van der Waals surface area contributed by atoms with Crippen molar-refractivity contribution in [3.8, 4) is 5.75 Å². The Morgan fingerprint density at radius 2 is 2.05 bits per heavy atom. The van der Waals surface area contributed by atoms with E-state index < -0.39 is 0 Å². The summed E-state index contributed by atoms with van der Waals surface area (Å²) in [5.41, 5.74) is 7.51. The standard InChI is InChI=1S/C15H16N2O2S2/c16-15(20)12-1-3-13(4-2-12)19-9-14(18)17-7-5-11-6-8-21-10-11/h1-4,6,8,10H,5,7,9H2,(H2,16,20)(H,17,18). The first kappa shape index (κ1) is 15.5. The van der Waals surface area contributed by atoms with Crippen molar-refractivity contribution in [1.29, 1.82) is 0 Å². The van der Waals surface area contributed by atoms with Crippen LogP contribution in [0, 0.1) is 0 Å². The van der Waals surface area contributed by atoms with Gasteiger partial charge >= 0.3 is 0 Å². The van der Waals surface area contributed by atoms with Gasteiger partial charge in [-0.2, -0.15) is 11.3 Å². The van der Waals surface area contributed by atoms with Crippen molar-refractivity contribution in [2.75, 3.05) is 13.2 Å². The maximum atomic E-state index is 11.6. The maximum Gasteiger partial charge on any atom is 0.257 e. The fraction of sp³-hybridized carbons (Fsp3) is 0.200. The van der Waals surface area contributed by atoms with Gasteiger partial charge in [0.1, 0.15) is 10.7 Å². The molecule has 2 rings (SSSR count). The van der Waals surface area contributed by atoms with Crippen molar-refractivity contribution in [2.45, 2.75) is 6.42 Å². The Hall–Kier alpha value is -1.92. The monoisotopic (exact) mass is 320 g/mol. The minimum Gasteiger partial charge on any atom is -0.484 e. The first-order valence-corrected chi connectivity index (χ1v) is 7.80. The summed E-state index contributed by atoms with van der Waals surface area (Å²) < 4.78 is 5.40. The van der Waals surface area contributed by atoms with Crippen LogP contribution in [0.2, 0.25) is 0 Å². The lowest BCUT2D eigenvalue weighted by Gasteiger charge is -2.07. The van der Waals surface area contributed by atoms with Crippen LogP contribution in [0.5, 0.6) is 5.75 Å². The van der Waals surface area contributed by atoms with Crippen LogP contribution in [0.4, 0.5) is 0 Å². The molecule has 0 atom stereocenters. The molecule has 0 aliphatic rings. The van der Waals surface area contributed by atoms with Crippen molar-refractivity contribution in [3.63, 3.8) is 0 Å². The van der Waals surface area contributed by atoms with Crippen LogP contribution in [0.15, 0.2) is 41.1 Å². The van der Waals surface area contributed by atoms with E-state index in [1.165, 1.54) is 5.56 Å². The molecular formula is C15H16N2O2S2. The number of benzene rings is 1. The molecule has 1 aromatic heterocycles. The van der Waals surface area contributed by atoms with E-state index >= 15 is 0 Å². The molecule has 110 valence electrons. The van der Waals surface area contributed by atoms with Crippen molar-refractivity contribution in [3.05, 3.63) is 52.2 Å². The summed E-state index contributed by atoms with van der Waals surface area (Å²) in [7, 11) is 0. The summed E-state index contributed by atoms with van der Waals surface area (Å²) in [6, 6.07) is 9.08. The van der Waals surface area contributed by atoms with Crippen LogP contribution in [-0.2, 0) is 11.2 Å². The zero-order valence-electron chi connectivity index (χ0n) is 11.4. The van der Waals surface area contributed by atoms with E-state index in [-0.39, 0.29) is 12.5 Å². The van der Waals surface area contributed by atoms with Gasteiger partial charge in [0.25, 0.3) is 5.91 Å². The van der Waals surface area contributed by atoms with E-state index in [9.17, 15) is 4.79 Å². The molecule has 0 saturated carbocycles. The minimum absolute atomic E-state index is 0.00391. The van der Waals surface area contributed by atoms with Crippen molar-refractivity contribution < 1.29 is 9.53 Å². The number of thiophene rings is 1. The molecular weight excluding hydrogens is 304 g/mol. The Bertz CT molecular complexity index is 595. The molecule has 4 nitrogen and oxygen atoms in total. The first-order valence-electron chi connectivity index (χ1n) is 6.45. The normalized spacial score (nSPS) is 10.1. The van der Waals surface area contributed by atoms with Gasteiger partial charge in [-0.15, -0.1) is 0 Å². The maximum absolute atomic E-state index is 11.6. The second-order valence-electron chi connectivity index (χ2n) is 4.41. The van der Waals surface area contributed by atoms with Gasteiger partial charge in [-0.25, -0.2) is 0 Å². The van der Waals surface area contributed by atoms with Gasteiger partial charge in [-0.1, -0.05) is 12.2 Å². The molecule has 0 fully saturated rings. The van der Waals surface area contributed by atoms with Crippen molar-refractivity contribution in [2.24, 2.45) is 5.73 Å². The van der Waals surface area contributed by atoms with E-state index in [4.69, 9.17) is 22.7 Å². The van der Waals surface area contributed by atoms with Gasteiger partial charge in [-0.3, -0.25) is 4.79 Å². The summed E-state index contributed by atoms with van der Waals surface area (Å²) >= 11 is 6.52. The number of hydrogen-bond donors (Lipinski definition) is 2. The van der Waals surface area contributed by atoms with Gasteiger partial charge in [-0.05, 0) is 53.1 Å². The van der Waals surface area contributed by atoms with E-state index in [2.05, 4.69) is 16.8 Å². The Kier molecular flexibility index (Phi) is 5.71. The minimum atomic E-state index is -0.136. The molecule has 21 heavy (non-hydrogen) atoms. The van der Waals surface area contributed by atoms with Crippen molar-refractivity contribution in [1.82, 2.24) is 5.32 Å². The topological polar surface area (TPSA) is 64.3 Å². The molecule has 1 amide bonds. The molecule has 0 aliphatic carbocycles. The number of thiocarbonyl (C=S) groups is 1. The highest BCUT2D eigenvalue weighted by atomic mass is 32.1. The molecule has 0 saturated heterocycles. The summed E-state index contributed by atoms with van der Waals surface area (Å²) in [4.78, 5) is 12.0.